The molecule has 0 aromatic carbocycles. The molecule has 20 heavy (non-hydrogen) atoms. The third-order valence-corrected chi connectivity index (χ3v) is 5.18. The van der Waals surface area contributed by atoms with Crippen LogP contribution in [0, 0.1) is 0 Å². The highest BCUT2D eigenvalue weighted by Gasteiger charge is 2.33. The van der Waals surface area contributed by atoms with Gasteiger partial charge in [0.15, 0.2) is 5.03 Å². The zero-order valence-electron chi connectivity index (χ0n) is 11.9. The van der Waals surface area contributed by atoms with E-state index in [1.807, 2.05) is 13.8 Å². The fourth-order valence-electron chi connectivity index (χ4n) is 2.30. The summed E-state index contributed by atoms with van der Waals surface area (Å²) >= 11 is 0. The first kappa shape index (κ1) is 15.4. The number of aromatic nitrogens is 2. The van der Waals surface area contributed by atoms with Crippen molar-refractivity contribution in [3.8, 4) is 0 Å². The summed E-state index contributed by atoms with van der Waals surface area (Å²) in [6.07, 6.45) is 2.05. The molecule has 0 bridgehead atoms. The lowest BCUT2D eigenvalue weighted by atomic mass is 10.2. The molecule has 0 amide bonds. The standard InChI is InChI=1S/C12H22N4O3S/c1-10(2)16-12(4-6-14-16)20(17,18)15-7-8-19-11(9-15)3-5-13/h4,6,10-11H,3,5,7-9,13H2,1-2H3. The van der Waals surface area contributed by atoms with E-state index in [9.17, 15) is 8.42 Å². The van der Waals surface area contributed by atoms with E-state index >= 15 is 0 Å². The summed E-state index contributed by atoms with van der Waals surface area (Å²) < 4.78 is 33.9. The number of nitrogens with two attached hydrogens (primary N) is 1. The van der Waals surface area contributed by atoms with Gasteiger partial charge in [-0.05, 0) is 32.9 Å². The summed E-state index contributed by atoms with van der Waals surface area (Å²) in [6.45, 7) is 5.42. The van der Waals surface area contributed by atoms with Gasteiger partial charge in [-0.1, -0.05) is 0 Å². The van der Waals surface area contributed by atoms with Crippen LogP contribution in [0.2, 0.25) is 0 Å². The molecule has 7 nitrogen and oxygen atoms in total. The lowest BCUT2D eigenvalue weighted by molar-refractivity contribution is -0.00421. The monoisotopic (exact) mass is 302 g/mol. The normalized spacial score (nSPS) is 21.5. The van der Waals surface area contributed by atoms with Gasteiger partial charge in [0.25, 0.3) is 10.0 Å². The zero-order valence-corrected chi connectivity index (χ0v) is 12.7. The molecular weight excluding hydrogens is 280 g/mol. The largest absolute Gasteiger partial charge is 0.375 e. The Morgan fingerprint density at radius 2 is 2.30 bits per heavy atom. The summed E-state index contributed by atoms with van der Waals surface area (Å²) in [7, 11) is -3.53. The predicted octanol–water partition coefficient (Wildman–Crippen LogP) is 0.202. The Labute approximate surface area is 119 Å². The maximum absolute atomic E-state index is 12.7. The molecule has 0 saturated carbocycles. The molecular formula is C12H22N4O3S. The van der Waals surface area contributed by atoms with Crippen molar-refractivity contribution < 1.29 is 13.2 Å². The van der Waals surface area contributed by atoms with E-state index in [-0.39, 0.29) is 17.2 Å². The maximum Gasteiger partial charge on any atom is 0.260 e. The van der Waals surface area contributed by atoms with Crippen molar-refractivity contribution in [2.75, 3.05) is 26.2 Å². The van der Waals surface area contributed by atoms with Crippen molar-refractivity contribution >= 4 is 10.0 Å². The third-order valence-electron chi connectivity index (χ3n) is 3.32. The number of rotatable bonds is 5. The number of hydrogen-bond acceptors (Lipinski definition) is 5. The van der Waals surface area contributed by atoms with Crippen LogP contribution in [-0.2, 0) is 14.8 Å². The first-order valence-electron chi connectivity index (χ1n) is 6.82. The number of morpholine rings is 1. The highest BCUT2D eigenvalue weighted by molar-refractivity contribution is 7.89. The van der Waals surface area contributed by atoms with Gasteiger partial charge in [0.2, 0.25) is 0 Å². The fourth-order valence-corrected chi connectivity index (χ4v) is 3.97. The molecule has 1 fully saturated rings. The van der Waals surface area contributed by atoms with E-state index in [0.717, 1.165) is 0 Å². The van der Waals surface area contributed by atoms with Gasteiger partial charge >= 0.3 is 0 Å². The molecule has 1 atom stereocenters. The second-order valence-electron chi connectivity index (χ2n) is 5.14. The van der Waals surface area contributed by atoms with Gasteiger partial charge in [-0.3, -0.25) is 4.68 Å². The van der Waals surface area contributed by atoms with Gasteiger partial charge in [-0.25, -0.2) is 8.42 Å². The molecule has 1 aromatic rings. The van der Waals surface area contributed by atoms with Crippen molar-refractivity contribution in [2.24, 2.45) is 5.73 Å². The van der Waals surface area contributed by atoms with E-state index in [0.29, 0.717) is 32.7 Å². The summed E-state index contributed by atoms with van der Waals surface area (Å²) in [4.78, 5) is 0. The highest BCUT2D eigenvalue weighted by atomic mass is 32.2. The van der Waals surface area contributed by atoms with Gasteiger partial charge < -0.3 is 10.5 Å². The summed E-state index contributed by atoms with van der Waals surface area (Å²) in [5.41, 5.74) is 5.51. The van der Waals surface area contributed by atoms with Crippen LogP contribution in [0.1, 0.15) is 26.3 Å². The Morgan fingerprint density at radius 3 is 2.95 bits per heavy atom. The molecule has 0 aliphatic carbocycles. The Kier molecular flexibility index (Phi) is 4.79. The SMILES string of the molecule is CC(C)n1nccc1S(=O)(=O)N1CCOC(CCN)C1. The molecule has 8 heteroatoms. The van der Waals surface area contributed by atoms with Crippen molar-refractivity contribution in [3.05, 3.63) is 12.3 Å². The fraction of sp³-hybridized carbons (Fsp3) is 0.750. The second kappa shape index (κ2) is 6.21. The van der Waals surface area contributed by atoms with Crippen molar-refractivity contribution in [3.63, 3.8) is 0 Å². The minimum Gasteiger partial charge on any atom is -0.375 e. The Hall–Kier alpha value is -0.960. The minimum absolute atomic E-state index is 0.00402. The first-order chi connectivity index (χ1) is 9.46. The number of nitrogens with zero attached hydrogens (tertiary/aromatic N) is 3. The van der Waals surface area contributed by atoms with Crippen molar-refractivity contribution in [1.82, 2.24) is 14.1 Å². The molecule has 0 radical (unpaired) electrons. The van der Waals surface area contributed by atoms with Crippen LogP contribution in [0.4, 0.5) is 0 Å². The van der Waals surface area contributed by atoms with Gasteiger partial charge in [0.1, 0.15) is 0 Å². The quantitative estimate of drug-likeness (QED) is 0.839. The molecule has 2 heterocycles. The van der Waals surface area contributed by atoms with E-state index in [2.05, 4.69) is 5.10 Å². The Morgan fingerprint density at radius 1 is 1.55 bits per heavy atom. The molecule has 2 N–H and O–H groups in total. The Balaban J connectivity index is 2.23. The van der Waals surface area contributed by atoms with Gasteiger partial charge in [-0.2, -0.15) is 9.40 Å². The smallest absolute Gasteiger partial charge is 0.260 e. The van der Waals surface area contributed by atoms with Gasteiger partial charge in [0.05, 0.1) is 18.9 Å². The minimum atomic E-state index is -3.53. The molecule has 1 aliphatic heterocycles. The van der Waals surface area contributed by atoms with E-state index in [4.69, 9.17) is 10.5 Å². The zero-order chi connectivity index (χ0) is 14.8. The van der Waals surface area contributed by atoms with Crippen LogP contribution in [0.3, 0.4) is 0 Å². The number of sulfonamides is 1. The van der Waals surface area contributed by atoms with Gasteiger partial charge in [0, 0.05) is 19.1 Å². The van der Waals surface area contributed by atoms with Crippen LogP contribution in [-0.4, -0.2) is 54.8 Å². The lowest BCUT2D eigenvalue weighted by Crippen LogP contribution is -2.46. The molecule has 0 spiro atoms. The topological polar surface area (TPSA) is 90.5 Å². The van der Waals surface area contributed by atoms with E-state index in [1.165, 1.54) is 15.2 Å². The second-order valence-corrected chi connectivity index (χ2v) is 7.03. The van der Waals surface area contributed by atoms with E-state index < -0.39 is 10.0 Å². The average Bonchev–Trinajstić information content (AvgIpc) is 2.89. The Bertz CT molecular complexity index is 539. The molecule has 1 unspecified atom stereocenters. The highest BCUT2D eigenvalue weighted by Crippen LogP contribution is 2.21. The van der Waals surface area contributed by atoms with Crippen molar-refractivity contribution in [2.45, 2.75) is 37.4 Å². The first-order valence-corrected chi connectivity index (χ1v) is 8.26. The lowest BCUT2D eigenvalue weighted by Gasteiger charge is -2.32. The van der Waals surface area contributed by atoms with Crippen LogP contribution < -0.4 is 5.73 Å². The molecule has 1 aromatic heterocycles. The summed E-state index contributed by atoms with van der Waals surface area (Å²) in [5, 5.41) is 4.33. The van der Waals surface area contributed by atoms with Gasteiger partial charge in [-0.15, -0.1) is 0 Å². The number of hydrogen-bond donors (Lipinski definition) is 1. The van der Waals surface area contributed by atoms with Crippen molar-refractivity contribution in [1.29, 1.82) is 0 Å². The van der Waals surface area contributed by atoms with Crippen LogP contribution in [0.25, 0.3) is 0 Å². The summed E-state index contributed by atoms with van der Waals surface area (Å²) in [5.74, 6) is 0. The molecule has 2 rings (SSSR count). The van der Waals surface area contributed by atoms with Crippen LogP contribution in [0.5, 0.6) is 0 Å². The molecule has 114 valence electrons. The number of ether oxygens (including phenoxy) is 1. The third kappa shape index (κ3) is 3.03. The summed E-state index contributed by atoms with van der Waals surface area (Å²) in [6, 6.07) is 1.54. The molecule has 1 saturated heterocycles. The van der Waals surface area contributed by atoms with Crippen LogP contribution >= 0.6 is 0 Å². The van der Waals surface area contributed by atoms with Crippen LogP contribution in [0.15, 0.2) is 17.3 Å². The average molecular weight is 302 g/mol. The molecule has 1 aliphatic rings. The predicted molar refractivity (Wildman–Crippen MR) is 74.8 cm³/mol. The van der Waals surface area contributed by atoms with E-state index in [1.54, 1.807) is 6.07 Å². The maximum atomic E-state index is 12.7.